The fraction of sp³-hybridized carbons (Fsp3) is 0.933. The van der Waals surface area contributed by atoms with Gasteiger partial charge in [-0.15, -0.1) is 0 Å². The van der Waals surface area contributed by atoms with Crippen LogP contribution in [-0.4, -0.2) is 43.3 Å². The number of ether oxygens (including phenoxy) is 1. The highest BCUT2D eigenvalue weighted by atomic mass is 16.6. The third-order valence-corrected chi connectivity index (χ3v) is 2.79. The molecule has 0 saturated heterocycles. The monoisotopic (exact) mass is 272 g/mol. The number of rotatable bonds is 9. The number of unbranched alkanes of at least 4 members (excludes halogenated alkanes) is 4. The summed E-state index contributed by atoms with van der Waals surface area (Å²) in [7, 11) is 1.77. The Kier molecular flexibility index (Phi) is 9.66. The Morgan fingerprint density at radius 3 is 2.32 bits per heavy atom. The van der Waals surface area contributed by atoms with E-state index in [-0.39, 0.29) is 6.09 Å². The van der Waals surface area contributed by atoms with Crippen LogP contribution >= 0.6 is 0 Å². The molecule has 0 spiro atoms. The van der Waals surface area contributed by atoms with E-state index in [2.05, 4.69) is 12.2 Å². The minimum absolute atomic E-state index is 0.253. The molecular formula is C15H32N2O2. The molecule has 0 aromatic carbocycles. The topological polar surface area (TPSA) is 41.6 Å². The van der Waals surface area contributed by atoms with E-state index in [4.69, 9.17) is 4.74 Å². The van der Waals surface area contributed by atoms with Crippen molar-refractivity contribution in [1.29, 1.82) is 0 Å². The quantitative estimate of drug-likeness (QED) is 0.654. The largest absolute Gasteiger partial charge is 0.444 e. The van der Waals surface area contributed by atoms with Gasteiger partial charge in [-0.05, 0) is 33.7 Å². The van der Waals surface area contributed by atoms with E-state index in [1.807, 2.05) is 20.8 Å². The summed E-state index contributed by atoms with van der Waals surface area (Å²) in [5.41, 5.74) is -0.419. The first-order valence-corrected chi connectivity index (χ1v) is 7.51. The maximum absolute atomic E-state index is 11.7. The number of likely N-dealkylation sites (N-methyl/N-ethyl adjacent to an activating group) is 1. The van der Waals surface area contributed by atoms with Crippen LogP contribution in [0.25, 0.3) is 0 Å². The number of hydrogen-bond donors (Lipinski definition) is 1. The Labute approximate surface area is 118 Å². The minimum atomic E-state index is -0.419. The molecule has 4 heteroatoms. The highest BCUT2D eigenvalue weighted by molar-refractivity contribution is 5.67. The Balaban J connectivity index is 3.48. The van der Waals surface area contributed by atoms with E-state index in [1.165, 1.54) is 32.1 Å². The average Bonchev–Trinajstić information content (AvgIpc) is 2.30. The molecule has 1 N–H and O–H groups in total. The summed E-state index contributed by atoms with van der Waals surface area (Å²) in [5, 5.41) is 3.36. The molecule has 0 aliphatic rings. The summed E-state index contributed by atoms with van der Waals surface area (Å²) in [6.07, 6.45) is 6.21. The van der Waals surface area contributed by atoms with Crippen molar-refractivity contribution in [1.82, 2.24) is 10.2 Å². The number of hydrogen-bond acceptors (Lipinski definition) is 3. The van der Waals surface area contributed by atoms with E-state index in [9.17, 15) is 4.79 Å². The van der Waals surface area contributed by atoms with Crippen LogP contribution in [0.1, 0.15) is 59.8 Å². The van der Waals surface area contributed by atoms with Gasteiger partial charge in [0, 0.05) is 20.1 Å². The van der Waals surface area contributed by atoms with Crippen LogP contribution in [0.4, 0.5) is 4.79 Å². The smallest absolute Gasteiger partial charge is 0.410 e. The lowest BCUT2D eigenvalue weighted by Gasteiger charge is -2.24. The molecule has 0 bridgehead atoms. The summed E-state index contributed by atoms with van der Waals surface area (Å²) in [4.78, 5) is 13.3. The number of amides is 1. The van der Waals surface area contributed by atoms with Gasteiger partial charge in [0.1, 0.15) is 5.60 Å². The second-order valence-corrected chi connectivity index (χ2v) is 6.07. The molecule has 0 saturated carbocycles. The zero-order valence-corrected chi connectivity index (χ0v) is 13.4. The van der Waals surface area contributed by atoms with Crippen LogP contribution in [0.2, 0.25) is 0 Å². The van der Waals surface area contributed by atoms with Gasteiger partial charge in [-0.2, -0.15) is 0 Å². The maximum atomic E-state index is 11.7. The molecule has 0 aromatic heterocycles. The Hall–Kier alpha value is -0.770. The van der Waals surface area contributed by atoms with Crippen molar-refractivity contribution in [2.45, 2.75) is 65.4 Å². The van der Waals surface area contributed by atoms with Crippen molar-refractivity contribution in [3.63, 3.8) is 0 Å². The SMILES string of the molecule is CCCCCCCNCCN(C)C(=O)OC(C)(C)C. The van der Waals surface area contributed by atoms with E-state index in [0.717, 1.165) is 13.1 Å². The first-order valence-electron chi connectivity index (χ1n) is 7.51. The van der Waals surface area contributed by atoms with Gasteiger partial charge in [-0.25, -0.2) is 4.79 Å². The first-order chi connectivity index (χ1) is 8.87. The molecule has 0 rings (SSSR count). The molecule has 0 fully saturated rings. The third-order valence-electron chi connectivity index (χ3n) is 2.79. The zero-order chi connectivity index (χ0) is 14.7. The van der Waals surface area contributed by atoms with Crippen LogP contribution in [0, 0.1) is 0 Å². The van der Waals surface area contributed by atoms with Crippen molar-refractivity contribution >= 4 is 6.09 Å². The summed E-state index contributed by atoms with van der Waals surface area (Å²) in [6.45, 7) is 10.4. The normalized spacial score (nSPS) is 11.4. The van der Waals surface area contributed by atoms with Crippen molar-refractivity contribution in [2.75, 3.05) is 26.7 Å². The van der Waals surface area contributed by atoms with Gasteiger partial charge < -0.3 is 15.0 Å². The third kappa shape index (κ3) is 12.0. The van der Waals surface area contributed by atoms with Crippen molar-refractivity contribution in [3.05, 3.63) is 0 Å². The van der Waals surface area contributed by atoms with E-state index in [0.29, 0.717) is 6.54 Å². The maximum Gasteiger partial charge on any atom is 0.410 e. The Morgan fingerprint density at radius 2 is 1.74 bits per heavy atom. The van der Waals surface area contributed by atoms with Crippen molar-refractivity contribution in [2.24, 2.45) is 0 Å². The molecule has 0 aliphatic heterocycles. The first kappa shape index (κ1) is 18.2. The van der Waals surface area contributed by atoms with Gasteiger partial charge in [-0.3, -0.25) is 0 Å². The fourth-order valence-corrected chi connectivity index (χ4v) is 1.66. The highest BCUT2D eigenvalue weighted by Gasteiger charge is 2.18. The number of carbonyl (C=O) groups excluding carboxylic acids is 1. The minimum Gasteiger partial charge on any atom is -0.444 e. The highest BCUT2D eigenvalue weighted by Crippen LogP contribution is 2.08. The lowest BCUT2D eigenvalue weighted by Crippen LogP contribution is -2.38. The lowest BCUT2D eigenvalue weighted by atomic mass is 10.1. The zero-order valence-electron chi connectivity index (χ0n) is 13.4. The molecule has 4 nitrogen and oxygen atoms in total. The summed E-state index contributed by atoms with van der Waals surface area (Å²) in [5.74, 6) is 0. The Bertz CT molecular complexity index is 237. The predicted octanol–water partition coefficient (Wildman–Crippen LogP) is 3.41. The second kappa shape index (κ2) is 10.1. The van der Waals surface area contributed by atoms with Gasteiger partial charge in [0.2, 0.25) is 0 Å². The molecule has 19 heavy (non-hydrogen) atoms. The predicted molar refractivity (Wildman–Crippen MR) is 80.5 cm³/mol. The molecule has 0 atom stereocenters. The molecule has 1 amide bonds. The van der Waals surface area contributed by atoms with Crippen LogP contribution in [-0.2, 0) is 4.74 Å². The lowest BCUT2D eigenvalue weighted by molar-refractivity contribution is 0.0300. The van der Waals surface area contributed by atoms with Crippen molar-refractivity contribution in [3.8, 4) is 0 Å². The van der Waals surface area contributed by atoms with E-state index in [1.54, 1.807) is 11.9 Å². The van der Waals surface area contributed by atoms with E-state index < -0.39 is 5.60 Å². The standard InChI is InChI=1S/C15H32N2O2/c1-6-7-8-9-10-11-16-12-13-17(5)14(18)19-15(2,3)4/h16H,6-13H2,1-5H3. The number of nitrogens with one attached hydrogen (secondary N) is 1. The number of nitrogens with zero attached hydrogens (tertiary/aromatic N) is 1. The molecule has 114 valence electrons. The van der Waals surface area contributed by atoms with Gasteiger partial charge >= 0.3 is 6.09 Å². The van der Waals surface area contributed by atoms with Crippen LogP contribution < -0.4 is 5.32 Å². The van der Waals surface area contributed by atoms with Crippen LogP contribution in [0.15, 0.2) is 0 Å². The average molecular weight is 272 g/mol. The van der Waals surface area contributed by atoms with Gasteiger partial charge in [0.05, 0.1) is 0 Å². The molecular weight excluding hydrogens is 240 g/mol. The van der Waals surface area contributed by atoms with Gasteiger partial charge in [0.25, 0.3) is 0 Å². The summed E-state index contributed by atoms with van der Waals surface area (Å²) < 4.78 is 5.28. The molecule has 0 aromatic rings. The molecule has 0 heterocycles. The molecule has 0 unspecified atom stereocenters. The van der Waals surface area contributed by atoms with Crippen LogP contribution in [0.5, 0.6) is 0 Å². The van der Waals surface area contributed by atoms with Crippen LogP contribution in [0.3, 0.4) is 0 Å². The van der Waals surface area contributed by atoms with Crippen molar-refractivity contribution < 1.29 is 9.53 Å². The summed E-state index contributed by atoms with van der Waals surface area (Å²) >= 11 is 0. The summed E-state index contributed by atoms with van der Waals surface area (Å²) in [6, 6.07) is 0. The Morgan fingerprint density at radius 1 is 1.11 bits per heavy atom. The van der Waals surface area contributed by atoms with Gasteiger partial charge in [0.15, 0.2) is 0 Å². The number of carbonyl (C=O) groups is 1. The second-order valence-electron chi connectivity index (χ2n) is 6.07. The van der Waals surface area contributed by atoms with Gasteiger partial charge in [-0.1, -0.05) is 32.6 Å². The molecule has 0 aliphatic carbocycles. The molecule has 0 radical (unpaired) electrons. The van der Waals surface area contributed by atoms with E-state index >= 15 is 0 Å². The fourth-order valence-electron chi connectivity index (χ4n) is 1.66.